The van der Waals surface area contributed by atoms with Crippen LogP contribution in [-0.2, 0) is 15.9 Å². The quantitative estimate of drug-likeness (QED) is 0.503. The van der Waals surface area contributed by atoms with E-state index in [0.29, 0.717) is 5.69 Å². The lowest BCUT2D eigenvalue weighted by atomic mass is 10.0. The Kier molecular flexibility index (Phi) is 7.44. The average Bonchev–Trinajstić information content (AvgIpc) is 2.61. The van der Waals surface area contributed by atoms with Crippen LogP contribution in [0.25, 0.3) is 0 Å². The van der Waals surface area contributed by atoms with Crippen LogP contribution < -0.4 is 10.2 Å². The van der Waals surface area contributed by atoms with Gasteiger partial charge in [0.25, 0.3) is 0 Å². The highest BCUT2D eigenvalue weighted by Crippen LogP contribution is 2.21. The first-order chi connectivity index (χ1) is 14.3. The molecule has 0 bridgehead atoms. The number of carbonyl (C=O) groups is 2. The van der Waals surface area contributed by atoms with Gasteiger partial charge in [-0.25, -0.2) is 14.5 Å². The van der Waals surface area contributed by atoms with E-state index in [4.69, 9.17) is 14.9 Å². The van der Waals surface area contributed by atoms with Crippen molar-refractivity contribution in [1.82, 2.24) is 5.32 Å². The van der Waals surface area contributed by atoms with Gasteiger partial charge in [0.15, 0.2) is 0 Å². The summed E-state index contributed by atoms with van der Waals surface area (Å²) >= 11 is 0. The van der Waals surface area contributed by atoms with Gasteiger partial charge in [-0.15, -0.1) is 0 Å². The topological polar surface area (TPSA) is 91.7 Å². The number of rotatable bonds is 3. The smallest absolute Gasteiger partial charge is 0.421 e. The lowest BCUT2D eigenvalue weighted by Crippen LogP contribution is -2.49. The second-order valence-corrected chi connectivity index (χ2v) is 9.12. The van der Waals surface area contributed by atoms with Crippen molar-refractivity contribution in [3.63, 3.8) is 0 Å². The third kappa shape index (κ3) is 8.12. The minimum atomic E-state index is -0.827. The van der Waals surface area contributed by atoms with Gasteiger partial charge >= 0.3 is 12.2 Å². The van der Waals surface area contributed by atoms with Gasteiger partial charge in [-0.3, -0.25) is 10.7 Å². The van der Waals surface area contributed by atoms with E-state index < -0.39 is 29.3 Å². The van der Waals surface area contributed by atoms with E-state index in [0.717, 1.165) is 16.9 Å². The summed E-state index contributed by atoms with van der Waals surface area (Å²) in [6.45, 7) is 10.3. The SMILES string of the molecule is CC(C)(C)OC(=O)NC(=N)N(C(=O)OC(C)(C)C)c1ccc(Cc2ccccc2)cc1. The summed E-state index contributed by atoms with van der Waals surface area (Å²) in [6, 6.07) is 17.2. The molecule has 31 heavy (non-hydrogen) atoms. The summed E-state index contributed by atoms with van der Waals surface area (Å²) in [6.07, 6.45) is -0.864. The lowest BCUT2D eigenvalue weighted by molar-refractivity contribution is 0.0559. The number of benzene rings is 2. The second kappa shape index (κ2) is 9.64. The number of hydrogen-bond donors (Lipinski definition) is 2. The van der Waals surface area contributed by atoms with Crippen LogP contribution in [0.3, 0.4) is 0 Å². The number of nitrogens with one attached hydrogen (secondary N) is 2. The van der Waals surface area contributed by atoms with Crippen molar-refractivity contribution in [2.75, 3.05) is 4.90 Å². The van der Waals surface area contributed by atoms with E-state index in [9.17, 15) is 9.59 Å². The zero-order chi connectivity index (χ0) is 23.2. The molecule has 0 heterocycles. The summed E-state index contributed by atoms with van der Waals surface area (Å²) in [4.78, 5) is 25.9. The van der Waals surface area contributed by atoms with Crippen molar-refractivity contribution in [2.45, 2.75) is 59.2 Å². The first-order valence-electron chi connectivity index (χ1n) is 10.1. The molecule has 2 amide bonds. The van der Waals surface area contributed by atoms with E-state index in [1.807, 2.05) is 42.5 Å². The Morgan fingerprint density at radius 3 is 1.87 bits per heavy atom. The number of nitrogens with zero attached hydrogens (tertiary/aromatic N) is 1. The molecule has 2 aromatic rings. The molecule has 0 radical (unpaired) electrons. The Hall–Kier alpha value is -3.35. The maximum Gasteiger partial charge on any atom is 0.421 e. The Bertz CT molecular complexity index is 911. The molecular formula is C24H31N3O4. The number of guanidine groups is 1. The number of carbonyl (C=O) groups excluding carboxylic acids is 2. The van der Waals surface area contributed by atoms with Gasteiger partial charge < -0.3 is 9.47 Å². The fourth-order valence-electron chi connectivity index (χ4n) is 2.68. The fraction of sp³-hybridized carbons (Fsp3) is 0.375. The van der Waals surface area contributed by atoms with Crippen molar-refractivity contribution in [2.24, 2.45) is 0 Å². The number of alkyl carbamates (subject to hydrolysis) is 1. The first kappa shape index (κ1) is 23.9. The molecule has 2 aromatic carbocycles. The summed E-state index contributed by atoms with van der Waals surface area (Å²) < 4.78 is 10.6. The molecule has 0 unspecified atom stereocenters. The average molecular weight is 426 g/mol. The molecule has 0 saturated carbocycles. The maximum absolute atomic E-state index is 12.8. The van der Waals surface area contributed by atoms with Crippen LogP contribution in [0.5, 0.6) is 0 Å². The van der Waals surface area contributed by atoms with Crippen LogP contribution in [0, 0.1) is 5.41 Å². The number of ether oxygens (including phenoxy) is 2. The normalized spacial score (nSPS) is 11.4. The van der Waals surface area contributed by atoms with Crippen LogP contribution in [0.15, 0.2) is 54.6 Å². The molecule has 0 saturated heterocycles. The summed E-state index contributed by atoms with van der Waals surface area (Å²) in [5.41, 5.74) is 1.10. The zero-order valence-electron chi connectivity index (χ0n) is 19.0. The molecular weight excluding hydrogens is 394 g/mol. The van der Waals surface area contributed by atoms with Gasteiger partial charge in [-0.2, -0.15) is 0 Å². The maximum atomic E-state index is 12.8. The molecule has 0 spiro atoms. The van der Waals surface area contributed by atoms with Gasteiger partial charge in [0, 0.05) is 0 Å². The summed E-state index contributed by atoms with van der Waals surface area (Å²) in [5, 5.41) is 10.6. The molecule has 7 heteroatoms. The van der Waals surface area contributed by atoms with Crippen molar-refractivity contribution < 1.29 is 19.1 Å². The standard InChI is InChI=1S/C24H31N3O4/c1-23(2,3)30-21(28)26-20(25)27(22(29)31-24(4,5)6)19-14-12-18(13-15-19)16-17-10-8-7-9-11-17/h7-15H,16H2,1-6H3,(H2,25,26,28). The molecule has 0 fully saturated rings. The number of hydrogen-bond acceptors (Lipinski definition) is 5. The van der Waals surface area contributed by atoms with Gasteiger partial charge in [-0.05, 0) is 71.2 Å². The van der Waals surface area contributed by atoms with Gasteiger partial charge in [0.1, 0.15) is 11.2 Å². The number of amides is 2. The highest BCUT2D eigenvalue weighted by atomic mass is 16.6. The van der Waals surface area contributed by atoms with E-state index in [1.165, 1.54) is 5.56 Å². The third-order valence-corrected chi connectivity index (χ3v) is 3.86. The van der Waals surface area contributed by atoms with Gasteiger partial charge in [-0.1, -0.05) is 42.5 Å². The first-order valence-corrected chi connectivity index (χ1v) is 10.1. The van der Waals surface area contributed by atoms with E-state index >= 15 is 0 Å². The molecule has 0 aromatic heterocycles. The second-order valence-electron chi connectivity index (χ2n) is 9.12. The van der Waals surface area contributed by atoms with Crippen LogP contribution in [0.1, 0.15) is 52.7 Å². The molecule has 0 aliphatic rings. The lowest BCUT2D eigenvalue weighted by Gasteiger charge is -2.28. The third-order valence-electron chi connectivity index (χ3n) is 3.86. The zero-order valence-corrected chi connectivity index (χ0v) is 19.0. The molecule has 2 rings (SSSR count). The Morgan fingerprint density at radius 1 is 0.839 bits per heavy atom. The predicted octanol–water partition coefficient (Wildman–Crippen LogP) is 5.48. The Morgan fingerprint density at radius 2 is 1.35 bits per heavy atom. The minimum Gasteiger partial charge on any atom is -0.444 e. The van der Waals surface area contributed by atoms with E-state index in [-0.39, 0.29) is 0 Å². The molecule has 7 nitrogen and oxygen atoms in total. The van der Waals surface area contributed by atoms with Crippen molar-refractivity contribution in [3.8, 4) is 0 Å². The highest BCUT2D eigenvalue weighted by Gasteiger charge is 2.29. The molecule has 2 N–H and O–H groups in total. The fourth-order valence-corrected chi connectivity index (χ4v) is 2.68. The molecule has 0 atom stereocenters. The van der Waals surface area contributed by atoms with Crippen LogP contribution in [-0.4, -0.2) is 29.3 Å². The summed E-state index contributed by atoms with van der Waals surface area (Å²) in [5.74, 6) is -0.459. The number of anilines is 1. The molecule has 166 valence electrons. The van der Waals surface area contributed by atoms with Crippen molar-refractivity contribution in [3.05, 3.63) is 65.7 Å². The van der Waals surface area contributed by atoms with Crippen LogP contribution >= 0.6 is 0 Å². The largest absolute Gasteiger partial charge is 0.444 e. The summed E-state index contributed by atoms with van der Waals surface area (Å²) in [7, 11) is 0. The predicted molar refractivity (Wildman–Crippen MR) is 121 cm³/mol. The highest BCUT2D eigenvalue weighted by molar-refractivity contribution is 6.15. The molecule has 0 aliphatic heterocycles. The van der Waals surface area contributed by atoms with Crippen LogP contribution in [0.4, 0.5) is 15.3 Å². The van der Waals surface area contributed by atoms with Crippen molar-refractivity contribution >= 4 is 23.8 Å². The van der Waals surface area contributed by atoms with Crippen molar-refractivity contribution in [1.29, 1.82) is 5.41 Å². The minimum absolute atomic E-state index is 0.395. The van der Waals surface area contributed by atoms with E-state index in [1.54, 1.807) is 53.7 Å². The Balaban J connectivity index is 2.24. The monoisotopic (exact) mass is 425 g/mol. The van der Waals surface area contributed by atoms with Gasteiger partial charge in [0.05, 0.1) is 5.69 Å². The molecule has 0 aliphatic carbocycles. The Labute approximate surface area is 183 Å². The van der Waals surface area contributed by atoms with E-state index in [2.05, 4.69) is 5.32 Å². The van der Waals surface area contributed by atoms with Crippen LogP contribution in [0.2, 0.25) is 0 Å². The van der Waals surface area contributed by atoms with Gasteiger partial charge in [0.2, 0.25) is 5.96 Å².